The molecule has 0 aliphatic rings. The minimum absolute atomic E-state index is 0.0699. The Morgan fingerprint density at radius 2 is 1.70 bits per heavy atom. The molecule has 0 aromatic heterocycles. The van der Waals surface area contributed by atoms with Crippen LogP contribution in [0.2, 0.25) is 0 Å². The SMILES string of the molecule is Cc1ccc(C(=O)C(C)S(=O)c2ccccc2F)cc1. The van der Waals surface area contributed by atoms with Gasteiger partial charge in [0.05, 0.1) is 20.9 Å². The van der Waals surface area contributed by atoms with E-state index in [1.165, 1.54) is 18.2 Å². The first-order valence-corrected chi connectivity index (χ1v) is 7.48. The predicted octanol–water partition coefficient (Wildman–Crippen LogP) is 3.51. The molecule has 2 rings (SSSR count). The van der Waals surface area contributed by atoms with Crippen LogP contribution < -0.4 is 0 Å². The van der Waals surface area contributed by atoms with Gasteiger partial charge in [-0.05, 0) is 26.0 Å². The lowest BCUT2D eigenvalue weighted by atomic mass is 10.1. The van der Waals surface area contributed by atoms with Gasteiger partial charge in [-0.1, -0.05) is 42.0 Å². The lowest BCUT2D eigenvalue weighted by Gasteiger charge is -2.11. The van der Waals surface area contributed by atoms with Gasteiger partial charge in [0.2, 0.25) is 0 Å². The van der Waals surface area contributed by atoms with Crippen molar-refractivity contribution in [2.24, 2.45) is 0 Å². The number of aryl methyl sites for hydroxylation is 1. The molecular formula is C16H15FO2S. The van der Waals surface area contributed by atoms with Crippen LogP contribution in [0.4, 0.5) is 4.39 Å². The van der Waals surface area contributed by atoms with Crippen LogP contribution in [0.25, 0.3) is 0 Å². The van der Waals surface area contributed by atoms with Crippen molar-refractivity contribution in [2.45, 2.75) is 24.0 Å². The normalized spacial score (nSPS) is 13.8. The number of carbonyl (C=O) groups is 1. The second-order valence-electron chi connectivity index (χ2n) is 4.60. The van der Waals surface area contributed by atoms with Crippen LogP contribution in [0.15, 0.2) is 53.4 Å². The fourth-order valence-electron chi connectivity index (χ4n) is 1.85. The lowest BCUT2D eigenvalue weighted by molar-refractivity contribution is 0.0992. The maximum Gasteiger partial charge on any atom is 0.178 e. The number of rotatable bonds is 4. The molecule has 2 unspecified atom stereocenters. The smallest absolute Gasteiger partial charge is 0.178 e. The largest absolute Gasteiger partial charge is 0.293 e. The fourth-order valence-corrected chi connectivity index (χ4v) is 3.03. The molecule has 0 N–H and O–H groups in total. The molecule has 2 atom stereocenters. The molecule has 104 valence electrons. The Labute approximate surface area is 120 Å². The van der Waals surface area contributed by atoms with Gasteiger partial charge in [0.25, 0.3) is 0 Å². The molecule has 4 heteroatoms. The molecule has 0 radical (unpaired) electrons. The molecule has 0 bridgehead atoms. The van der Waals surface area contributed by atoms with Crippen LogP contribution in [-0.2, 0) is 10.8 Å². The Morgan fingerprint density at radius 1 is 1.10 bits per heavy atom. The minimum atomic E-state index is -1.70. The monoisotopic (exact) mass is 290 g/mol. The highest BCUT2D eigenvalue weighted by molar-refractivity contribution is 7.86. The van der Waals surface area contributed by atoms with E-state index >= 15 is 0 Å². The van der Waals surface area contributed by atoms with E-state index in [0.29, 0.717) is 5.56 Å². The summed E-state index contributed by atoms with van der Waals surface area (Å²) in [6, 6.07) is 12.9. The Hall–Kier alpha value is -1.81. The average Bonchev–Trinajstić information content (AvgIpc) is 2.46. The highest BCUT2D eigenvalue weighted by Crippen LogP contribution is 2.18. The summed E-state index contributed by atoms with van der Waals surface area (Å²) >= 11 is 0. The molecule has 0 aliphatic carbocycles. The van der Waals surface area contributed by atoms with Crippen molar-refractivity contribution in [1.82, 2.24) is 0 Å². The van der Waals surface area contributed by atoms with Crippen LogP contribution in [0.3, 0.4) is 0 Å². The summed E-state index contributed by atoms with van der Waals surface area (Å²) in [6.07, 6.45) is 0. The van der Waals surface area contributed by atoms with E-state index in [-0.39, 0.29) is 10.7 Å². The summed E-state index contributed by atoms with van der Waals surface area (Å²) in [4.78, 5) is 12.3. The second kappa shape index (κ2) is 6.09. The highest BCUT2D eigenvalue weighted by Gasteiger charge is 2.24. The highest BCUT2D eigenvalue weighted by atomic mass is 32.2. The summed E-state index contributed by atoms with van der Waals surface area (Å²) in [6.45, 7) is 3.49. The molecule has 20 heavy (non-hydrogen) atoms. The van der Waals surface area contributed by atoms with E-state index in [0.717, 1.165) is 5.56 Å². The second-order valence-corrected chi connectivity index (χ2v) is 6.34. The number of halogens is 1. The topological polar surface area (TPSA) is 34.1 Å². The molecule has 0 aliphatic heterocycles. The van der Waals surface area contributed by atoms with Crippen molar-refractivity contribution < 1.29 is 13.4 Å². The van der Waals surface area contributed by atoms with Crippen molar-refractivity contribution in [1.29, 1.82) is 0 Å². The predicted molar refractivity (Wildman–Crippen MR) is 77.8 cm³/mol. The van der Waals surface area contributed by atoms with Gasteiger partial charge in [-0.15, -0.1) is 0 Å². The van der Waals surface area contributed by atoms with Gasteiger partial charge in [-0.2, -0.15) is 0 Å². The molecule has 2 aromatic carbocycles. The van der Waals surface area contributed by atoms with E-state index < -0.39 is 21.9 Å². The van der Waals surface area contributed by atoms with Gasteiger partial charge >= 0.3 is 0 Å². The van der Waals surface area contributed by atoms with Gasteiger partial charge in [0, 0.05) is 5.56 Å². The van der Waals surface area contributed by atoms with Gasteiger partial charge in [-0.25, -0.2) is 4.39 Å². The van der Waals surface area contributed by atoms with Crippen LogP contribution in [0.1, 0.15) is 22.8 Å². The van der Waals surface area contributed by atoms with Crippen LogP contribution in [0.5, 0.6) is 0 Å². The number of benzene rings is 2. The van der Waals surface area contributed by atoms with E-state index in [1.807, 2.05) is 19.1 Å². The Kier molecular flexibility index (Phi) is 4.45. The van der Waals surface area contributed by atoms with Crippen LogP contribution >= 0.6 is 0 Å². The van der Waals surface area contributed by atoms with Crippen molar-refractivity contribution in [3.63, 3.8) is 0 Å². The molecule has 0 saturated carbocycles. The summed E-state index contributed by atoms with van der Waals surface area (Å²) in [5.41, 5.74) is 1.54. The van der Waals surface area contributed by atoms with Crippen LogP contribution in [-0.4, -0.2) is 15.2 Å². The van der Waals surface area contributed by atoms with Gasteiger partial charge in [0.1, 0.15) is 5.82 Å². The number of hydrogen-bond donors (Lipinski definition) is 0. The van der Waals surface area contributed by atoms with Crippen molar-refractivity contribution >= 4 is 16.6 Å². The molecule has 2 nitrogen and oxygen atoms in total. The first-order valence-electron chi connectivity index (χ1n) is 6.26. The molecule has 0 amide bonds. The third-order valence-electron chi connectivity index (χ3n) is 3.08. The summed E-state index contributed by atoms with van der Waals surface area (Å²) in [7, 11) is -1.70. The molecular weight excluding hydrogens is 275 g/mol. The molecule has 2 aromatic rings. The standard InChI is InChI=1S/C16H15FO2S/c1-11-7-9-13(10-8-11)16(18)12(2)20(19)15-6-4-3-5-14(15)17/h3-10,12H,1-2H3. The van der Waals surface area contributed by atoms with Crippen LogP contribution in [0, 0.1) is 12.7 Å². The van der Waals surface area contributed by atoms with Crippen molar-refractivity contribution in [3.8, 4) is 0 Å². The zero-order chi connectivity index (χ0) is 14.7. The lowest BCUT2D eigenvalue weighted by Crippen LogP contribution is -2.23. The third-order valence-corrected chi connectivity index (χ3v) is 4.70. The Morgan fingerprint density at radius 3 is 2.30 bits per heavy atom. The van der Waals surface area contributed by atoms with E-state index in [9.17, 15) is 13.4 Å². The maximum atomic E-state index is 13.6. The van der Waals surface area contributed by atoms with E-state index in [1.54, 1.807) is 25.1 Å². The molecule has 0 spiro atoms. The first-order chi connectivity index (χ1) is 9.50. The minimum Gasteiger partial charge on any atom is -0.293 e. The Balaban J connectivity index is 2.25. The summed E-state index contributed by atoms with van der Waals surface area (Å²) < 4.78 is 25.9. The number of ketones is 1. The zero-order valence-electron chi connectivity index (χ0n) is 11.3. The first kappa shape index (κ1) is 14.6. The molecule has 0 fully saturated rings. The van der Waals surface area contributed by atoms with Gasteiger partial charge < -0.3 is 0 Å². The Bertz CT molecular complexity index is 650. The van der Waals surface area contributed by atoms with E-state index in [4.69, 9.17) is 0 Å². The molecule has 0 heterocycles. The zero-order valence-corrected chi connectivity index (χ0v) is 12.1. The van der Waals surface area contributed by atoms with Gasteiger partial charge in [0.15, 0.2) is 5.78 Å². The quantitative estimate of drug-likeness (QED) is 0.807. The maximum absolute atomic E-state index is 13.6. The fraction of sp³-hybridized carbons (Fsp3) is 0.188. The van der Waals surface area contributed by atoms with Crippen molar-refractivity contribution in [3.05, 3.63) is 65.5 Å². The summed E-state index contributed by atoms with van der Waals surface area (Å²) in [5.74, 6) is -0.791. The number of hydrogen-bond acceptors (Lipinski definition) is 2. The third kappa shape index (κ3) is 3.02. The van der Waals surface area contributed by atoms with Gasteiger partial charge in [-0.3, -0.25) is 9.00 Å². The average molecular weight is 290 g/mol. The summed E-state index contributed by atoms with van der Waals surface area (Å²) in [5, 5.41) is -0.783. The number of Topliss-reactive ketones (excluding diaryl/α,β-unsaturated/α-hetero) is 1. The number of carbonyl (C=O) groups excluding carboxylic acids is 1. The molecule has 0 saturated heterocycles. The van der Waals surface area contributed by atoms with Crippen molar-refractivity contribution in [2.75, 3.05) is 0 Å². The van der Waals surface area contributed by atoms with E-state index in [2.05, 4.69) is 0 Å².